The molecule has 0 aliphatic carbocycles. The zero-order chi connectivity index (χ0) is 27.3. The first-order chi connectivity index (χ1) is 18.6. The van der Waals surface area contributed by atoms with E-state index in [0.717, 1.165) is 31.2 Å². The van der Waals surface area contributed by atoms with Crippen molar-refractivity contribution in [1.29, 1.82) is 5.26 Å². The van der Waals surface area contributed by atoms with Crippen LogP contribution in [0.1, 0.15) is 113 Å². The summed E-state index contributed by atoms with van der Waals surface area (Å²) in [5.74, 6) is -0.163. The van der Waals surface area contributed by atoms with Crippen molar-refractivity contribution < 1.29 is 9.53 Å². The van der Waals surface area contributed by atoms with Crippen molar-refractivity contribution in [1.82, 2.24) is 9.38 Å². The van der Waals surface area contributed by atoms with E-state index in [2.05, 4.69) is 29.7 Å². The van der Waals surface area contributed by atoms with E-state index in [9.17, 15) is 10.1 Å². The monoisotopic (exact) mass is 514 g/mol. The zero-order valence-corrected chi connectivity index (χ0v) is 23.3. The average molecular weight is 515 g/mol. The Labute approximate surface area is 227 Å². The Kier molecular flexibility index (Phi) is 11.5. The first-order valence-corrected chi connectivity index (χ1v) is 14.3. The van der Waals surface area contributed by atoms with Gasteiger partial charge < -0.3 is 14.1 Å². The number of carbonyl (C=O) groups excluding carboxylic acids is 1. The highest BCUT2D eigenvalue weighted by atomic mass is 16.5. The summed E-state index contributed by atoms with van der Waals surface area (Å²) in [5.41, 5.74) is 3.43. The first-order valence-electron chi connectivity index (χ1n) is 14.3. The number of aromatic nitrogens is 2. The van der Waals surface area contributed by atoms with Crippen LogP contribution in [0.15, 0.2) is 30.3 Å². The summed E-state index contributed by atoms with van der Waals surface area (Å²) >= 11 is 0. The number of nitrogens with one attached hydrogen (secondary N) is 1. The first kappa shape index (κ1) is 29.1. The van der Waals surface area contributed by atoms with Crippen LogP contribution in [-0.4, -0.2) is 22.0 Å². The average Bonchev–Trinajstić information content (AvgIpc) is 3.45. The third kappa shape index (κ3) is 7.07. The fourth-order valence-electron chi connectivity index (χ4n) is 5.30. The quantitative estimate of drug-likeness (QED) is 0.118. The SMILES string of the molecule is [C-]#[N+]c1c(C(=O)OCC(CCCCCC)CCCCCCCC)c2[nH]c(C#N)c(-c3ccccc3)n2c1C. The maximum Gasteiger partial charge on any atom is 0.331 e. The smallest absolute Gasteiger partial charge is 0.331 e. The van der Waals surface area contributed by atoms with Crippen LogP contribution < -0.4 is 0 Å². The highest BCUT2D eigenvalue weighted by molar-refractivity contribution is 6.04. The molecule has 1 aromatic carbocycles. The molecule has 38 heavy (non-hydrogen) atoms. The Bertz CT molecular complexity index is 1260. The van der Waals surface area contributed by atoms with Crippen molar-refractivity contribution in [2.24, 2.45) is 5.92 Å². The molecule has 0 aliphatic rings. The zero-order valence-electron chi connectivity index (χ0n) is 23.3. The van der Waals surface area contributed by atoms with Gasteiger partial charge in [-0.1, -0.05) is 108 Å². The van der Waals surface area contributed by atoms with Crippen LogP contribution in [0.5, 0.6) is 0 Å². The standard InChI is InChI=1S/C32H42N4O2/c1-5-7-9-11-12-15-19-25(18-14-10-8-6-2)23-38-32(37)28-29(34-4)24(3)36-30(26-20-16-13-17-21-26)27(22-33)35-31(28)36/h13,16-17,20-21,25,35H,5-12,14-15,18-19,23H2,1-3H3. The molecule has 3 aromatic rings. The number of nitriles is 1. The molecule has 0 fully saturated rings. The lowest BCUT2D eigenvalue weighted by Crippen LogP contribution is -2.15. The highest BCUT2D eigenvalue weighted by Crippen LogP contribution is 2.37. The molecule has 0 bridgehead atoms. The van der Waals surface area contributed by atoms with Crippen LogP contribution in [0, 0.1) is 30.7 Å². The summed E-state index contributed by atoms with van der Waals surface area (Å²) in [4.78, 5) is 20.3. The molecule has 0 spiro atoms. The summed E-state index contributed by atoms with van der Waals surface area (Å²) in [5, 5.41) is 9.82. The van der Waals surface area contributed by atoms with Gasteiger partial charge in [-0.05, 0) is 25.7 Å². The molecule has 2 aromatic heterocycles. The summed E-state index contributed by atoms with van der Waals surface area (Å²) in [6, 6.07) is 11.8. The molecule has 0 amide bonds. The van der Waals surface area contributed by atoms with Crippen LogP contribution in [0.25, 0.3) is 21.7 Å². The number of carbonyl (C=O) groups is 1. The van der Waals surface area contributed by atoms with Gasteiger partial charge in [0.05, 0.1) is 18.9 Å². The Morgan fingerprint density at radius 3 is 2.24 bits per heavy atom. The van der Waals surface area contributed by atoms with Gasteiger partial charge >= 0.3 is 5.97 Å². The fraction of sp³-hybridized carbons (Fsp3) is 0.531. The molecule has 1 atom stereocenters. The number of esters is 1. The number of imidazole rings is 1. The second-order valence-corrected chi connectivity index (χ2v) is 10.3. The topological polar surface area (TPSA) is 74.7 Å². The molecule has 0 aliphatic heterocycles. The number of aryl methyl sites for hydroxylation is 1. The molecule has 2 heterocycles. The lowest BCUT2D eigenvalue weighted by molar-refractivity contribution is 0.0425. The molecule has 6 nitrogen and oxygen atoms in total. The molecule has 0 radical (unpaired) electrons. The van der Waals surface area contributed by atoms with E-state index < -0.39 is 5.97 Å². The van der Waals surface area contributed by atoms with Gasteiger partial charge in [0, 0.05) is 11.3 Å². The lowest BCUT2D eigenvalue weighted by atomic mass is 9.95. The number of H-pyrrole nitrogens is 1. The van der Waals surface area contributed by atoms with Gasteiger partial charge in [0.25, 0.3) is 0 Å². The van der Waals surface area contributed by atoms with Crippen LogP contribution in [0.2, 0.25) is 0 Å². The van der Waals surface area contributed by atoms with Crippen molar-refractivity contribution in [3.8, 4) is 17.3 Å². The number of hydrogen-bond donors (Lipinski definition) is 1. The number of ether oxygens (including phenoxy) is 1. The number of aromatic amines is 1. The minimum absolute atomic E-state index is 0.223. The summed E-state index contributed by atoms with van der Waals surface area (Å²) in [6.07, 6.45) is 14.4. The molecule has 3 rings (SSSR count). The Balaban J connectivity index is 1.80. The Hall–Kier alpha value is -3.51. The maximum absolute atomic E-state index is 13.4. The molecule has 1 N–H and O–H groups in total. The Morgan fingerprint density at radius 2 is 1.63 bits per heavy atom. The van der Waals surface area contributed by atoms with Gasteiger partial charge in [0.15, 0.2) is 0 Å². The van der Waals surface area contributed by atoms with Crippen LogP contribution in [0.3, 0.4) is 0 Å². The molecule has 202 valence electrons. The van der Waals surface area contributed by atoms with E-state index in [1.54, 1.807) is 0 Å². The normalized spacial score (nSPS) is 11.8. The van der Waals surface area contributed by atoms with Gasteiger partial charge in [-0.2, -0.15) is 5.26 Å². The van der Waals surface area contributed by atoms with Crippen LogP contribution >= 0.6 is 0 Å². The number of nitrogens with zero attached hydrogens (tertiary/aromatic N) is 3. The maximum atomic E-state index is 13.4. The fourth-order valence-corrected chi connectivity index (χ4v) is 5.30. The van der Waals surface area contributed by atoms with E-state index >= 15 is 0 Å². The van der Waals surface area contributed by atoms with Crippen molar-refractivity contribution in [2.45, 2.75) is 97.8 Å². The second-order valence-electron chi connectivity index (χ2n) is 10.3. The molecule has 1 unspecified atom stereocenters. The third-order valence-corrected chi connectivity index (χ3v) is 7.44. The van der Waals surface area contributed by atoms with Crippen LogP contribution in [0.4, 0.5) is 5.69 Å². The van der Waals surface area contributed by atoms with E-state index in [-0.39, 0.29) is 11.3 Å². The number of benzene rings is 1. The Morgan fingerprint density at radius 1 is 1.03 bits per heavy atom. The highest BCUT2D eigenvalue weighted by Gasteiger charge is 2.28. The van der Waals surface area contributed by atoms with Gasteiger partial charge in [-0.15, -0.1) is 0 Å². The van der Waals surface area contributed by atoms with Crippen molar-refractivity contribution >= 4 is 17.3 Å². The minimum atomic E-state index is -0.492. The molecular formula is C32H42N4O2. The second kappa shape index (κ2) is 15.0. The van der Waals surface area contributed by atoms with Crippen molar-refractivity contribution in [2.75, 3.05) is 6.61 Å². The third-order valence-electron chi connectivity index (χ3n) is 7.44. The van der Waals surface area contributed by atoms with E-state index in [1.807, 2.05) is 41.7 Å². The molecule has 0 saturated heterocycles. The number of unbranched alkanes of at least 4 members (excludes halogenated alkanes) is 8. The van der Waals surface area contributed by atoms with Gasteiger partial charge in [0.2, 0.25) is 5.69 Å². The lowest BCUT2D eigenvalue weighted by Gasteiger charge is -2.17. The molecular weight excluding hydrogens is 472 g/mol. The number of rotatable bonds is 16. The van der Waals surface area contributed by atoms with Gasteiger partial charge in [0.1, 0.15) is 23.0 Å². The predicted octanol–water partition coefficient (Wildman–Crippen LogP) is 9.16. The largest absolute Gasteiger partial charge is 0.463 e. The van der Waals surface area contributed by atoms with Gasteiger partial charge in [-0.25, -0.2) is 9.64 Å². The minimum Gasteiger partial charge on any atom is -0.463 e. The van der Waals surface area contributed by atoms with E-state index in [4.69, 9.17) is 11.3 Å². The summed E-state index contributed by atoms with van der Waals surface area (Å²) in [7, 11) is 0. The molecule has 0 saturated carbocycles. The number of fused-ring (bicyclic) bond motifs is 1. The van der Waals surface area contributed by atoms with E-state index in [1.165, 1.54) is 51.4 Å². The van der Waals surface area contributed by atoms with Crippen molar-refractivity contribution in [3.63, 3.8) is 0 Å². The summed E-state index contributed by atoms with van der Waals surface area (Å²) in [6.45, 7) is 14.4. The van der Waals surface area contributed by atoms with Crippen molar-refractivity contribution in [3.05, 3.63) is 58.7 Å². The number of hydrogen-bond acceptors (Lipinski definition) is 3. The van der Waals surface area contributed by atoms with Crippen LogP contribution in [-0.2, 0) is 4.74 Å². The van der Waals surface area contributed by atoms with Gasteiger partial charge in [-0.3, -0.25) is 0 Å². The summed E-state index contributed by atoms with van der Waals surface area (Å²) < 4.78 is 7.71. The molecule has 6 heteroatoms. The predicted molar refractivity (Wildman–Crippen MR) is 153 cm³/mol. The van der Waals surface area contributed by atoms with E-state index in [0.29, 0.717) is 35.3 Å².